The summed E-state index contributed by atoms with van der Waals surface area (Å²) in [5.74, 6) is 1.67. The van der Waals surface area contributed by atoms with Gasteiger partial charge in [-0.15, -0.1) is 0 Å². The molecule has 0 radical (unpaired) electrons. The lowest BCUT2D eigenvalue weighted by Gasteiger charge is -1.79. The highest BCUT2D eigenvalue weighted by molar-refractivity contribution is 4.21. The molecule has 0 rings (SSSR count). The molecule has 0 aliphatic carbocycles. The van der Waals surface area contributed by atoms with Crippen LogP contribution in [0.5, 0.6) is 0 Å². The van der Waals surface area contributed by atoms with Crippen molar-refractivity contribution in [3.05, 3.63) is 0 Å². The molecule has 94 valence electrons. The van der Waals surface area contributed by atoms with Crippen molar-refractivity contribution >= 4 is 0 Å². The van der Waals surface area contributed by atoms with Gasteiger partial charge in [0.2, 0.25) is 0 Å². The Bertz CT molecular complexity index is 15.5. The van der Waals surface area contributed by atoms with E-state index in [0.717, 1.165) is 11.8 Å². The summed E-state index contributed by atoms with van der Waals surface area (Å²) in [6.45, 7) is 25.0. The third-order valence-electron chi connectivity index (χ3n) is 0. The Balaban J connectivity index is -0.0000000255. The summed E-state index contributed by atoms with van der Waals surface area (Å²) in [5, 5.41) is 0. The molecule has 0 unspecified atom stereocenters. The molecule has 14 heavy (non-hydrogen) atoms. The predicted octanol–water partition coefficient (Wildman–Crippen LogP) is 6.40. The molecule has 0 atom stereocenters. The maximum absolute atomic E-state index is 2.17. The van der Waals surface area contributed by atoms with Crippen LogP contribution in [0.4, 0.5) is 0 Å². The molecule has 0 amide bonds. The first-order valence-electron chi connectivity index (χ1n) is 6.46. The van der Waals surface area contributed by atoms with Gasteiger partial charge in [-0.05, 0) is 11.8 Å². The molecule has 0 aliphatic heterocycles. The van der Waals surface area contributed by atoms with Crippen LogP contribution in [-0.2, 0) is 0 Å². The largest absolute Gasteiger partial charge is 0.0683 e. The minimum atomic E-state index is 0.833. The normalized spacial score (nSPS) is 6.43. The number of hydrogen-bond acceptors (Lipinski definition) is 0. The molecule has 0 aliphatic rings. The van der Waals surface area contributed by atoms with Crippen LogP contribution in [0.15, 0.2) is 0 Å². The van der Waals surface area contributed by atoms with Crippen LogP contribution < -0.4 is 0 Å². The van der Waals surface area contributed by atoms with Gasteiger partial charge in [-0.1, -0.05) is 83.1 Å². The van der Waals surface area contributed by atoms with Crippen molar-refractivity contribution in [3.8, 4) is 0 Å². The van der Waals surface area contributed by atoms with E-state index < -0.39 is 0 Å². The van der Waals surface area contributed by atoms with E-state index in [1.165, 1.54) is 0 Å². The second-order valence-corrected chi connectivity index (χ2v) is 3.46. The van der Waals surface area contributed by atoms with E-state index in [2.05, 4.69) is 41.5 Å². The molecule has 0 saturated carbocycles. The Hall–Kier alpha value is 0. The molecule has 0 heteroatoms. The first-order chi connectivity index (χ1) is 6.46. The lowest BCUT2D eigenvalue weighted by molar-refractivity contribution is 0.736. The number of hydrogen-bond donors (Lipinski definition) is 0. The predicted molar refractivity (Wildman–Crippen MR) is 75.1 cm³/mol. The molecular formula is C14H38. The van der Waals surface area contributed by atoms with Gasteiger partial charge in [0, 0.05) is 0 Å². The van der Waals surface area contributed by atoms with Gasteiger partial charge in [0.05, 0.1) is 0 Å². The lowest BCUT2D eigenvalue weighted by Crippen LogP contribution is -1.66. The molecule has 0 N–H and O–H groups in total. The van der Waals surface area contributed by atoms with Crippen LogP contribution >= 0.6 is 0 Å². The van der Waals surface area contributed by atoms with Gasteiger partial charge in [0.1, 0.15) is 0 Å². The minimum Gasteiger partial charge on any atom is -0.0683 e. The van der Waals surface area contributed by atoms with Crippen molar-refractivity contribution in [1.29, 1.82) is 0 Å². The SMILES string of the molecule is CC.CC.CC.CC(C)C.CC(C)C. The molecule has 0 saturated heterocycles. The van der Waals surface area contributed by atoms with Gasteiger partial charge >= 0.3 is 0 Å². The Kier molecular flexibility index (Phi) is 108. The summed E-state index contributed by atoms with van der Waals surface area (Å²) in [5.41, 5.74) is 0. The van der Waals surface area contributed by atoms with E-state index in [9.17, 15) is 0 Å². The maximum Gasteiger partial charge on any atom is -0.0500 e. The van der Waals surface area contributed by atoms with E-state index in [1.807, 2.05) is 41.5 Å². The first-order valence-corrected chi connectivity index (χ1v) is 6.46. The molecular weight excluding hydrogens is 168 g/mol. The van der Waals surface area contributed by atoms with Crippen LogP contribution in [0.1, 0.15) is 83.1 Å². The number of rotatable bonds is 0. The van der Waals surface area contributed by atoms with E-state index >= 15 is 0 Å². The highest BCUT2D eigenvalue weighted by Crippen LogP contribution is 1.81. The zero-order valence-electron chi connectivity index (χ0n) is 13.2. The average molecular weight is 206 g/mol. The molecule has 0 aromatic rings. The second-order valence-electron chi connectivity index (χ2n) is 3.46. The first kappa shape index (κ1) is 29.2. The van der Waals surface area contributed by atoms with E-state index in [0.29, 0.717) is 0 Å². The van der Waals surface area contributed by atoms with Crippen LogP contribution in [0, 0.1) is 11.8 Å². The summed E-state index contributed by atoms with van der Waals surface area (Å²) in [4.78, 5) is 0. The summed E-state index contributed by atoms with van der Waals surface area (Å²) in [7, 11) is 0. The summed E-state index contributed by atoms with van der Waals surface area (Å²) >= 11 is 0. The fourth-order valence-corrected chi connectivity index (χ4v) is 0. The van der Waals surface area contributed by atoms with E-state index in [4.69, 9.17) is 0 Å². The van der Waals surface area contributed by atoms with Crippen molar-refractivity contribution in [2.24, 2.45) is 11.8 Å². The third-order valence-corrected chi connectivity index (χ3v) is 0. The fraction of sp³-hybridized carbons (Fsp3) is 1.00. The van der Waals surface area contributed by atoms with Gasteiger partial charge in [-0.25, -0.2) is 0 Å². The molecule has 0 nitrogen and oxygen atoms in total. The summed E-state index contributed by atoms with van der Waals surface area (Å²) < 4.78 is 0. The van der Waals surface area contributed by atoms with Crippen molar-refractivity contribution in [1.82, 2.24) is 0 Å². The monoisotopic (exact) mass is 206 g/mol. The molecule has 0 aromatic heterocycles. The average Bonchev–Trinajstić information content (AvgIpc) is 2.12. The topological polar surface area (TPSA) is 0 Å². The van der Waals surface area contributed by atoms with Crippen LogP contribution in [0.25, 0.3) is 0 Å². The van der Waals surface area contributed by atoms with Gasteiger partial charge in [0.25, 0.3) is 0 Å². The van der Waals surface area contributed by atoms with Gasteiger partial charge < -0.3 is 0 Å². The Morgan fingerprint density at radius 1 is 0.357 bits per heavy atom. The molecule has 0 heterocycles. The van der Waals surface area contributed by atoms with Gasteiger partial charge in [0.15, 0.2) is 0 Å². The second kappa shape index (κ2) is 52.0. The zero-order chi connectivity index (χ0) is 13.2. The van der Waals surface area contributed by atoms with Gasteiger partial charge in [-0.3, -0.25) is 0 Å². The van der Waals surface area contributed by atoms with Crippen molar-refractivity contribution in [2.75, 3.05) is 0 Å². The zero-order valence-corrected chi connectivity index (χ0v) is 13.2. The van der Waals surface area contributed by atoms with Crippen molar-refractivity contribution in [3.63, 3.8) is 0 Å². The Morgan fingerprint density at radius 3 is 0.357 bits per heavy atom. The van der Waals surface area contributed by atoms with Crippen molar-refractivity contribution < 1.29 is 0 Å². The van der Waals surface area contributed by atoms with Crippen LogP contribution in [-0.4, -0.2) is 0 Å². The fourth-order valence-electron chi connectivity index (χ4n) is 0. The Morgan fingerprint density at radius 2 is 0.357 bits per heavy atom. The van der Waals surface area contributed by atoms with E-state index in [1.54, 1.807) is 0 Å². The van der Waals surface area contributed by atoms with E-state index in [-0.39, 0.29) is 0 Å². The third kappa shape index (κ3) is 0. The smallest absolute Gasteiger partial charge is 0.0500 e. The molecule has 0 aromatic carbocycles. The maximum atomic E-state index is 2.17. The highest BCUT2D eigenvalue weighted by Gasteiger charge is 1.68. The molecule has 0 spiro atoms. The molecule has 0 fully saturated rings. The Labute approximate surface area is 95.5 Å². The lowest BCUT2D eigenvalue weighted by atomic mass is 10.3. The van der Waals surface area contributed by atoms with Gasteiger partial charge in [-0.2, -0.15) is 0 Å². The standard InChI is InChI=1S/2C4H10.3C2H6/c2*1-4(2)3;3*1-2/h2*4H,1-3H3;3*1-2H3. The summed E-state index contributed by atoms with van der Waals surface area (Å²) in [6.07, 6.45) is 0. The van der Waals surface area contributed by atoms with Crippen LogP contribution in [0.3, 0.4) is 0 Å². The minimum absolute atomic E-state index is 0.833. The quantitative estimate of drug-likeness (QED) is 0.430. The van der Waals surface area contributed by atoms with Crippen LogP contribution in [0.2, 0.25) is 0 Å². The van der Waals surface area contributed by atoms with Crippen molar-refractivity contribution in [2.45, 2.75) is 83.1 Å². The molecule has 0 bridgehead atoms. The highest BCUT2D eigenvalue weighted by atomic mass is 13.7. The summed E-state index contributed by atoms with van der Waals surface area (Å²) in [6, 6.07) is 0.